The van der Waals surface area contributed by atoms with Crippen LogP contribution in [0.1, 0.15) is 76.7 Å². The van der Waals surface area contributed by atoms with Crippen molar-refractivity contribution < 1.29 is 14.7 Å². The molecule has 1 saturated heterocycles. The number of anilines is 1. The van der Waals surface area contributed by atoms with Gasteiger partial charge in [-0.25, -0.2) is 0 Å². The van der Waals surface area contributed by atoms with Crippen LogP contribution in [-0.2, 0) is 10.2 Å². The summed E-state index contributed by atoms with van der Waals surface area (Å²) in [7, 11) is 0. The third kappa shape index (κ3) is 5.02. The maximum Gasteiger partial charge on any atom is 0.308 e. The Hall–Kier alpha value is -2.04. The van der Waals surface area contributed by atoms with Crippen LogP contribution < -0.4 is 10.6 Å². The number of primary amides is 1. The van der Waals surface area contributed by atoms with Gasteiger partial charge in [0.05, 0.1) is 5.92 Å². The first-order chi connectivity index (χ1) is 12.3. The second-order valence-electron chi connectivity index (χ2n) is 9.96. The van der Waals surface area contributed by atoms with E-state index in [-0.39, 0.29) is 22.8 Å². The Bertz CT molecular complexity index is 713. The molecular weight excluding hydrogens is 340 g/mol. The molecule has 0 bridgehead atoms. The Labute approximate surface area is 162 Å². The summed E-state index contributed by atoms with van der Waals surface area (Å²) in [5, 5.41) is 9.83. The Morgan fingerprint density at radius 3 is 2.30 bits per heavy atom. The second kappa shape index (κ2) is 7.53. The molecular formula is C22H34N2O3. The zero-order valence-electron chi connectivity index (χ0n) is 17.5. The van der Waals surface area contributed by atoms with E-state index in [2.05, 4.69) is 46.4 Å². The van der Waals surface area contributed by atoms with Gasteiger partial charge in [0.1, 0.15) is 0 Å². The van der Waals surface area contributed by atoms with Crippen LogP contribution in [0, 0.1) is 11.3 Å². The van der Waals surface area contributed by atoms with E-state index in [0.717, 1.165) is 30.6 Å². The predicted octanol–water partition coefficient (Wildman–Crippen LogP) is 4.19. The number of piperidine rings is 1. The van der Waals surface area contributed by atoms with Crippen molar-refractivity contribution in [3.8, 4) is 0 Å². The summed E-state index contributed by atoms with van der Waals surface area (Å²) in [5.41, 5.74) is 7.86. The van der Waals surface area contributed by atoms with E-state index < -0.39 is 11.9 Å². The average molecular weight is 375 g/mol. The minimum atomic E-state index is -0.722. The molecule has 5 heteroatoms. The van der Waals surface area contributed by atoms with E-state index in [4.69, 9.17) is 5.73 Å². The molecule has 0 aliphatic carbocycles. The summed E-state index contributed by atoms with van der Waals surface area (Å²) in [6.07, 6.45) is 2.35. The number of nitrogens with zero attached hydrogens (tertiary/aromatic N) is 1. The standard InChI is InChI=1S/C22H34N2O3/c1-21(2,3)13-18-15(20(26)27)8-7-11-24(18)17-10-9-14(19(23)25)12-16(17)22(4,5)6/h9-10,12,15,18H,7-8,11,13H2,1-6H3,(H2,23,25)(H,26,27). The molecule has 1 aliphatic rings. The quantitative estimate of drug-likeness (QED) is 0.828. The molecule has 1 amide bonds. The van der Waals surface area contributed by atoms with Gasteiger partial charge in [-0.15, -0.1) is 0 Å². The summed E-state index contributed by atoms with van der Waals surface area (Å²) in [6.45, 7) is 13.6. The molecule has 150 valence electrons. The molecule has 5 nitrogen and oxygen atoms in total. The van der Waals surface area contributed by atoms with Gasteiger partial charge in [0.2, 0.25) is 5.91 Å². The number of benzene rings is 1. The molecule has 0 saturated carbocycles. The van der Waals surface area contributed by atoms with Crippen LogP contribution in [0.4, 0.5) is 5.69 Å². The van der Waals surface area contributed by atoms with Gasteiger partial charge in [0.25, 0.3) is 0 Å². The summed E-state index contributed by atoms with van der Waals surface area (Å²) >= 11 is 0. The average Bonchev–Trinajstić information content (AvgIpc) is 2.52. The van der Waals surface area contributed by atoms with Crippen molar-refractivity contribution in [1.82, 2.24) is 0 Å². The number of carbonyl (C=O) groups is 2. The molecule has 27 heavy (non-hydrogen) atoms. The van der Waals surface area contributed by atoms with Crippen molar-refractivity contribution in [2.24, 2.45) is 17.1 Å². The smallest absolute Gasteiger partial charge is 0.308 e. The molecule has 0 spiro atoms. The number of amides is 1. The largest absolute Gasteiger partial charge is 0.481 e. The van der Waals surface area contributed by atoms with E-state index in [0.29, 0.717) is 12.0 Å². The van der Waals surface area contributed by atoms with Crippen molar-refractivity contribution in [2.75, 3.05) is 11.4 Å². The van der Waals surface area contributed by atoms with Crippen molar-refractivity contribution in [1.29, 1.82) is 0 Å². The van der Waals surface area contributed by atoms with E-state index in [1.807, 2.05) is 12.1 Å². The number of hydrogen-bond acceptors (Lipinski definition) is 3. The van der Waals surface area contributed by atoms with Crippen LogP contribution in [0.5, 0.6) is 0 Å². The summed E-state index contributed by atoms with van der Waals surface area (Å²) in [5.74, 6) is -1.55. The van der Waals surface area contributed by atoms with Crippen molar-refractivity contribution in [3.05, 3.63) is 29.3 Å². The van der Waals surface area contributed by atoms with Gasteiger partial charge >= 0.3 is 5.97 Å². The van der Waals surface area contributed by atoms with E-state index >= 15 is 0 Å². The van der Waals surface area contributed by atoms with E-state index in [1.54, 1.807) is 6.07 Å². The minimum Gasteiger partial charge on any atom is -0.481 e. The van der Waals surface area contributed by atoms with Crippen molar-refractivity contribution in [3.63, 3.8) is 0 Å². The number of carbonyl (C=O) groups excluding carboxylic acids is 1. The van der Waals surface area contributed by atoms with Crippen LogP contribution in [0.15, 0.2) is 18.2 Å². The maximum atomic E-state index is 12.0. The first-order valence-electron chi connectivity index (χ1n) is 9.75. The molecule has 0 aromatic heterocycles. The lowest BCUT2D eigenvalue weighted by atomic mass is 9.77. The Balaban J connectivity index is 2.58. The lowest BCUT2D eigenvalue weighted by Crippen LogP contribution is -2.50. The fourth-order valence-electron chi connectivity index (χ4n) is 4.06. The summed E-state index contributed by atoms with van der Waals surface area (Å²) in [4.78, 5) is 25.9. The first-order valence-corrected chi connectivity index (χ1v) is 9.75. The zero-order valence-corrected chi connectivity index (χ0v) is 17.5. The fraction of sp³-hybridized carbons (Fsp3) is 0.636. The van der Waals surface area contributed by atoms with Crippen LogP contribution >= 0.6 is 0 Å². The highest BCUT2D eigenvalue weighted by Gasteiger charge is 2.39. The highest BCUT2D eigenvalue weighted by molar-refractivity contribution is 5.93. The van der Waals surface area contributed by atoms with Gasteiger partial charge in [-0.2, -0.15) is 0 Å². The van der Waals surface area contributed by atoms with E-state index in [9.17, 15) is 14.7 Å². The number of carboxylic acids is 1. The SMILES string of the molecule is CC(C)(C)CC1C(C(=O)O)CCCN1c1ccc(C(N)=O)cc1C(C)(C)C. The summed E-state index contributed by atoms with van der Waals surface area (Å²) < 4.78 is 0. The van der Waals surface area contributed by atoms with E-state index in [1.165, 1.54) is 0 Å². The predicted molar refractivity (Wildman–Crippen MR) is 109 cm³/mol. The molecule has 3 N–H and O–H groups in total. The number of nitrogens with two attached hydrogens (primary N) is 1. The van der Waals surface area contributed by atoms with Gasteiger partial charge in [-0.05, 0) is 53.9 Å². The van der Waals surface area contributed by atoms with Gasteiger partial charge < -0.3 is 15.7 Å². The topological polar surface area (TPSA) is 83.6 Å². The number of hydrogen-bond donors (Lipinski definition) is 2. The minimum absolute atomic E-state index is 0.0169. The molecule has 1 aromatic rings. The lowest BCUT2D eigenvalue weighted by molar-refractivity contribution is -0.143. The van der Waals surface area contributed by atoms with Crippen LogP contribution in [0.25, 0.3) is 0 Å². The van der Waals surface area contributed by atoms with Crippen LogP contribution in [0.3, 0.4) is 0 Å². The van der Waals surface area contributed by atoms with Crippen LogP contribution in [-0.4, -0.2) is 29.6 Å². The monoisotopic (exact) mass is 374 g/mol. The highest BCUT2D eigenvalue weighted by atomic mass is 16.4. The molecule has 1 aliphatic heterocycles. The third-order valence-electron chi connectivity index (χ3n) is 5.32. The first kappa shape index (κ1) is 21.3. The van der Waals surface area contributed by atoms with Gasteiger partial charge in [-0.3, -0.25) is 9.59 Å². The fourth-order valence-corrected chi connectivity index (χ4v) is 4.06. The molecule has 2 rings (SSSR count). The highest BCUT2D eigenvalue weighted by Crippen LogP contribution is 2.40. The number of rotatable bonds is 4. The Morgan fingerprint density at radius 2 is 1.81 bits per heavy atom. The molecule has 1 heterocycles. The maximum absolute atomic E-state index is 12.0. The second-order valence-corrected chi connectivity index (χ2v) is 9.96. The molecule has 1 fully saturated rings. The van der Waals surface area contributed by atoms with Crippen molar-refractivity contribution in [2.45, 2.75) is 72.3 Å². The van der Waals surface area contributed by atoms with Gasteiger partial charge in [0.15, 0.2) is 0 Å². The molecule has 2 atom stereocenters. The Morgan fingerprint density at radius 1 is 1.19 bits per heavy atom. The normalized spacial score (nSPS) is 21.2. The van der Waals surface area contributed by atoms with Gasteiger partial charge in [-0.1, -0.05) is 41.5 Å². The van der Waals surface area contributed by atoms with Crippen LogP contribution in [0.2, 0.25) is 0 Å². The summed E-state index contributed by atoms with van der Waals surface area (Å²) in [6, 6.07) is 5.50. The number of aliphatic carboxylic acids is 1. The number of carboxylic acid groups (broad SMARTS) is 1. The third-order valence-corrected chi connectivity index (χ3v) is 5.32. The van der Waals surface area contributed by atoms with Crippen molar-refractivity contribution >= 4 is 17.6 Å². The molecule has 0 radical (unpaired) electrons. The lowest BCUT2D eigenvalue weighted by Gasteiger charge is -2.45. The zero-order chi connectivity index (χ0) is 20.6. The van der Waals surface area contributed by atoms with Gasteiger partial charge in [0, 0.05) is 23.8 Å². The Kier molecular flexibility index (Phi) is 5.93. The molecule has 2 unspecified atom stereocenters. The molecule has 1 aromatic carbocycles.